The third kappa shape index (κ3) is 1.28. The maximum absolute atomic E-state index is 3.57. The molecule has 3 heterocycles. The summed E-state index contributed by atoms with van der Waals surface area (Å²) < 4.78 is 0. The number of fused-ring (bicyclic) bond motifs is 4. The Morgan fingerprint density at radius 2 is 2.31 bits per heavy atom. The molecule has 3 unspecified atom stereocenters. The quantitative estimate of drug-likeness (QED) is 0.599. The predicted octanol–water partition coefficient (Wildman–Crippen LogP) is 1.20. The molecule has 3 aliphatic rings. The number of hydrogen-bond donors (Lipinski definition) is 1. The van der Waals surface area contributed by atoms with Crippen LogP contribution in [0.3, 0.4) is 0 Å². The zero-order valence-electron chi connectivity index (χ0n) is 8.08. The van der Waals surface area contributed by atoms with Crippen LogP contribution < -0.4 is 5.32 Å². The number of rotatable bonds is 0. The SMILES string of the molecule is C1=CN2CC3CNCC(C3)C2CC1. The number of hydrogen-bond acceptors (Lipinski definition) is 2. The van der Waals surface area contributed by atoms with Crippen LogP contribution in [0.2, 0.25) is 0 Å². The van der Waals surface area contributed by atoms with Gasteiger partial charge in [-0.2, -0.15) is 0 Å². The van der Waals surface area contributed by atoms with E-state index in [1.165, 1.54) is 38.9 Å². The summed E-state index contributed by atoms with van der Waals surface area (Å²) in [5.74, 6) is 1.84. The molecule has 3 atom stereocenters. The predicted molar refractivity (Wildman–Crippen MR) is 53.3 cm³/mol. The van der Waals surface area contributed by atoms with Gasteiger partial charge in [0.1, 0.15) is 0 Å². The molecular formula is C11H18N2. The molecule has 72 valence electrons. The van der Waals surface area contributed by atoms with E-state index in [-0.39, 0.29) is 0 Å². The molecule has 3 rings (SSSR count). The first kappa shape index (κ1) is 7.86. The summed E-state index contributed by atoms with van der Waals surface area (Å²) in [5.41, 5.74) is 0. The summed E-state index contributed by atoms with van der Waals surface area (Å²) in [6.45, 7) is 3.80. The highest BCUT2D eigenvalue weighted by Crippen LogP contribution is 2.34. The summed E-state index contributed by atoms with van der Waals surface area (Å²) in [6.07, 6.45) is 8.84. The topological polar surface area (TPSA) is 15.3 Å². The molecule has 13 heavy (non-hydrogen) atoms. The minimum atomic E-state index is 0.856. The fourth-order valence-corrected chi connectivity index (χ4v) is 3.25. The molecule has 1 N–H and O–H groups in total. The van der Waals surface area contributed by atoms with E-state index in [1.807, 2.05) is 0 Å². The molecule has 3 aliphatic heterocycles. The second-order valence-electron chi connectivity index (χ2n) is 4.75. The molecule has 2 nitrogen and oxygen atoms in total. The molecule has 0 spiro atoms. The standard InChI is InChI=1S/C11H18N2/c1-2-4-13-8-9-5-10(7-12-6-9)11(13)3-1/h2,4,9-12H,1,3,5-8H2. The van der Waals surface area contributed by atoms with Crippen molar-refractivity contribution < 1.29 is 0 Å². The van der Waals surface area contributed by atoms with Crippen molar-refractivity contribution in [1.29, 1.82) is 0 Å². The van der Waals surface area contributed by atoms with Gasteiger partial charge < -0.3 is 10.2 Å². The maximum atomic E-state index is 3.57. The van der Waals surface area contributed by atoms with Gasteiger partial charge in [-0.05, 0) is 50.4 Å². The van der Waals surface area contributed by atoms with Gasteiger partial charge in [0, 0.05) is 12.6 Å². The number of piperidine rings is 2. The largest absolute Gasteiger partial charge is 0.374 e. The molecule has 2 bridgehead atoms. The van der Waals surface area contributed by atoms with Crippen LogP contribution in [0.4, 0.5) is 0 Å². The van der Waals surface area contributed by atoms with Crippen molar-refractivity contribution in [1.82, 2.24) is 10.2 Å². The summed E-state index contributed by atoms with van der Waals surface area (Å²) in [7, 11) is 0. The summed E-state index contributed by atoms with van der Waals surface area (Å²) >= 11 is 0. The Morgan fingerprint density at radius 3 is 3.31 bits per heavy atom. The summed E-state index contributed by atoms with van der Waals surface area (Å²) in [5, 5.41) is 3.57. The fraction of sp³-hybridized carbons (Fsp3) is 0.818. The third-order valence-corrected chi connectivity index (χ3v) is 3.84. The highest BCUT2D eigenvalue weighted by molar-refractivity contribution is 5.01. The summed E-state index contributed by atoms with van der Waals surface area (Å²) in [6, 6.07) is 0.856. The zero-order valence-corrected chi connectivity index (χ0v) is 8.08. The van der Waals surface area contributed by atoms with Gasteiger partial charge in [-0.25, -0.2) is 0 Å². The van der Waals surface area contributed by atoms with E-state index in [1.54, 1.807) is 0 Å². The van der Waals surface area contributed by atoms with Crippen LogP contribution in [0.25, 0.3) is 0 Å². The Kier molecular flexibility index (Phi) is 1.82. The number of allylic oxidation sites excluding steroid dienone is 1. The van der Waals surface area contributed by atoms with Crippen molar-refractivity contribution in [3.8, 4) is 0 Å². The van der Waals surface area contributed by atoms with Gasteiger partial charge in [0.15, 0.2) is 0 Å². The number of nitrogens with zero attached hydrogens (tertiary/aromatic N) is 1. The molecule has 2 fully saturated rings. The average molecular weight is 178 g/mol. The number of nitrogens with one attached hydrogen (secondary N) is 1. The van der Waals surface area contributed by atoms with Crippen molar-refractivity contribution in [2.24, 2.45) is 11.8 Å². The molecule has 0 aliphatic carbocycles. The molecule has 2 saturated heterocycles. The second-order valence-corrected chi connectivity index (χ2v) is 4.75. The fourth-order valence-electron chi connectivity index (χ4n) is 3.25. The van der Waals surface area contributed by atoms with Crippen LogP contribution >= 0.6 is 0 Å². The van der Waals surface area contributed by atoms with Gasteiger partial charge >= 0.3 is 0 Å². The normalized spacial score (nSPS) is 43.1. The Morgan fingerprint density at radius 1 is 1.31 bits per heavy atom. The van der Waals surface area contributed by atoms with Gasteiger partial charge in [0.25, 0.3) is 0 Å². The van der Waals surface area contributed by atoms with Crippen LogP contribution in [0.1, 0.15) is 19.3 Å². The highest BCUT2D eigenvalue weighted by Gasteiger charge is 2.37. The van der Waals surface area contributed by atoms with Gasteiger partial charge in [-0.1, -0.05) is 6.08 Å². The lowest BCUT2D eigenvalue weighted by atomic mass is 9.78. The van der Waals surface area contributed by atoms with E-state index in [2.05, 4.69) is 22.5 Å². The van der Waals surface area contributed by atoms with Crippen molar-refractivity contribution in [2.45, 2.75) is 25.3 Å². The Balaban J connectivity index is 1.83. The average Bonchev–Trinajstić information content (AvgIpc) is 2.18. The summed E-state index contributed by atoms with van der Waals surface area (Å²) in [4.78, 5) is 2.60. The lowest BCUT2D eigenvalue weighted by molar-refractivity contribution is 0.0602. The van der Waals surface area contributed by atoms with E-state index in [0.29, 0.717) is 0 Å². The van der Waals surface area contributed by atoms with Gasteiger partial charge in [-0.3, -0.25) is 0 Å². The molecule has 0 aromatic rings. The lowest BCUT2D eigenvalue weighted by Gasteiger charge is -2.49. The highest BCUT2D eigenvalue weighted by atomic mass is 15.2. The lowest BCUT2D eigenvalue weighted by Crippen LogP contribution is -2.55. The Bertz CT molecular complexity index is 224. The minimum Gasteiger partial charge on any atom is -0.374 e. The van der Waals surface area contributed by atoms with E-state index in [9.17, 15) is 0 Å². The smallest absolute Gasteiger partial charge is 0.0327 e. The van der Waals surface area contributed by atoms with Gasteiger partial charge in [-0.15, -0.1) is 0 Å². The third-order valence-electron chi connectivity index (χ3n) is 3.84. The molecule has 0 radical (unpaired) electrons. The monoisotopic (exact) mass is 178 g/mol. The van der Waals surface area contributed by atoms with Crippen LogP contribution in [0.15, 0.2) is 12.3 Å². The zero-order chi connectivity index (χ0) is 8.67. The minimum absolute atomic E-state index is 0.856. The molecule has 0 saturated carbocycles. The van der Waals surface area contributed by atoms with E-state index >= 15 is 0 Å². The van der Waals surface area contributed by atoms with Crippen molar-refractivity contribution >= 4 is 0 Å². The molecule has 0 aromatic heterocycles. The van der Waals surface area contributed by atoms with Crippen LogP contribution in [0, 0.1) is 11.8 Å². The second kappa shape index (κ2) is 3.02. The van der Waals surface area contributed by atoms with Crippen molar-refractivity contribution in [3.05, 3.63) is 12.3 Å². The van der Waals surface area contributed by atoms with E-state index < -0.39 is 0 Å². The van der Waals surface area contributed by atoms with E-state index in [0.717, 1.165) is 17.9 Å². The first-order valence-electron chi connectivity index (χ1n) is 5.56. The van der Waals surface area contributed by atoms with Crippen LogP contribution in [0.5, 0.6) is 0 Å². The Labute approximate surface area is 80.0 Å². The van der Waals surface area contributed by atoms with E-state index in [4.69, 9.17) is 0 Å². The van der Waals surface area contributed by atoms with Crippen LogP contribution in [-0.2, 0) is 0 Å². The molecular weight excluding hydrogens is 160 g/mol. The molecule has 0 amide bonds. The molecule has 2 heteroatoms. The maximum Gasteiger partial charge on any atom is 0.0327 e. The first-order chi connectivity index (χ1) is 6.43. The molecule has 0 aromatic carbocycles. The van der Waals surface area contributed by atoms with Crippen molar-refractivity contribution in [2.75, 3.05) is 19.6 Å². The first-order valence-corrected chi connectivity index (χ1v) is 5.56. The Hall–Kier alpha value is -0.500. The van der Waals surface area contributed by atoms with Gasteiger partial charge in [0.05, 0.1) is 0 Å². The van der Waals surface area contributed by atoms with Crippen molar-refractivity contribution in [3.63, 3.8) is 0 Å². The van der Waals surface area contributed by atoms with Gasteiger partial charge in [0.2, 0.25) is 0 Å². The van der Waals surface area contributed by atoms with Crippen LogP contribution in [-0.4, -0.2) is 30.6 Å².